The molecule has 1 amide bonds. The Bertz CT molecular complexity index is 760. The van der Waals surface area contributed by atoms with Crippen LogP contribution < -0.4 is 4.74 Å². The number of ether oxygens (including phenoxy) is 1. The zero-order chi connectivity index (χ0) is 17.9. The standard InChI is InChI=1S/C15H14N2O5S2/c1-3-5-16-14(19)12(24-15(16)23)7-9-6-10(17(20)21)8-11(13(9)18)22-4-2/h3,6-8,18H,1,4-5H2,2H3. The maximum Gasteiger partial charge on any atom is 0.274 e. The quantitative estimate of drug-likeness (QED) is 0.272. The normalized spacial score (nSPS) is 15.9. The molecule has 1 fully saturated rings. The number of benzene rings is 1. The van der Waals surface area contributed by atoms with E-state index in [-0.39, 0.29) is 46.7 Å². The van der Waals surface area contributed by atoms with E-state index >= 15 is 0 Å². The van der Waals surface area contributed by atoms with Crippen molar-refractivity contribution in [3.8, 4) is 11.5 Å². The van der Waals surface area contributed by atoms with Crippen molar-refractivity contribution < 1.29 is 19.6 Å². The highest BCUT2D eigenvalue weighted by atomic mass is 32.2. The first kappa shape index (κ1) is 18.0. The largest absolute Gasteiger partial charge is 0.504 e. The highest BCUT2D eigenvalue weighted by Crippen LogP contribution is 2.39. The Kier molecular flexibility index (Phi) is 5.58. The lowest BCUT2D eigenvalue weighted by Crippen LogP contribution is -2.27. The summed E-state index contributed by atoms with van der Waals surface area (Å²) >= 11 is 6.19. The van der Waals surface area contributed by atoms with Crippen molar-refractivity contribution in [3.05, 3.63) is 45.4 Å². The Hall–Kier alpha value is -2.39. The van der Waals surface area contributed by atoms with Crippen LogP contribution in [0.5, 0.6) is 11.5 Å². The van der Waals surface area contributed by atoms with Gasteiger partial charge in [-0.1, -0.05) is 30.1 Å². The minimum absolute atomic E-state index is 0.0143. The van der Waals surface area contributed by atoms with Crippen LogP contribution in [0.4, 0.5) is 5.69 Å². The zero-order valence-corrected chi connectivity index (χ0v) is 14.4. The Morgan fingerprint density at radius 1 is 1.54 bits per heavy atom. The van der Waals surface area contributed by atoms with Crippen molar-refractivity contribution in [3.63, 3.8) is 0 Å². The SMILES string of the molecule is C=CCN1C(=O)C(=Cc2cc([N+](=O)[O-])cc(OCC)c2O)SC1=S. The van der Waals surface area contributed by atoms with Gasteiger partial charge in [0, 0.05) is 18.2 Å². The van der Waals surface area contributed by atoms with E-state index in [9.17, 15) is 20.0 Å². The topological polar surface area (TPSA) is 92.9 Å². The molecule has 0 radical (unpaired) electrons. The van der Waals surface area contributed by atoms with Crippen LogP contribution in [0, 0.1) is 10.1 Å². The van der Waals surface area contributed by atoms with Crippen LogP contribution in [0.2, 0.25) is 0 Å². The summed E-state index contributed by atoms with van der Waals surface area (Å²) in [4.78, 5) is 24.4. The monoisotopic (exact) mass is 366 g/mol. The second-order valence-electron chi connectivity index (χ2n) is 4.65. The van der Waals surface area contributed by atoms with E-state index in [1.165, 1.54) is 17.0 Å². The molecule has 1 saturated heterocycles. The summed E-state index contributed by atoms with van der Waals surface area (Å²) < 4.78 is 5.58. The molecule has 0 aromatic heterocycles. The Balaban J connectivity index is 2.48. The van der Waals surface area contributed by atoms with Gasteiger partial charge in [-0.3, -0.25) is 19.8 Å². The van der Waals surface area contributed by atoms with Gasteiger partial charge < -0.3 is 9.84 Å². The number of carbonyl (C=O) groups is 1. The first-order valence-electron chi connectivity index (χ1n) is 6.89. The number of non-ortho nitro benzene ring substituents is 1. The third kappa shape index (κ3) is 3.57. The van der Waals surface area contributed by atoms with Crippen LogP contribution in [-0.4, -0.2) is 38.3 Å². The highest BCUT2D eigenvalue weighted by Gasteiger charge is 2.31. The van der Waals surface area contributed by atoms with Crippen LogP contribution in [0.3, 0.4) is 0 Å². The Morgan fingerprint density at radius 3 is 2.83 bits per heavy atom. The van der Waals surface area contributed by atoms with Crippen molar-refractivity contribution in [1.29, 1.82) is 0 Å². The number of thioether (sulfide) groups is 1. The van der Waals surface area contributed by atoms with Crippen molar-refractivity contribution >= 4 is 46.0 Å². The second-order valence-corrected chi connectivity index (χ2v) is 6.33. The van der Waals surface area contributed by atoms with Gasteiger partial charge in [0.2, 0.25) is 0 Å². The highest BCUT2D eigenvalue weighted by molar-refractivity contribution is 8.26. The Labute approximate surface area is 147 Å². The molecule has 1 aliphatic rings. The second kappa shape index (κ2) is 7.45. The minimum Gasteiger partial charge on any atom is -0.504 e. The van der Waals surface area contributed by atoms with Crippen molar-refractivity contribution in [2.75, 3.05) is 13.2 Å². The molecule has 0 aliphatic carbocycles. The van der Waals surface area contributed by atoms with Gasteiger partial charge in [-0.15, -0.1) is 6.58 Å². The van der Waals surface area contributed by atoms with Gasteiger partial charge in [0.05, 0.1) is 22.5 Å². The molecule has 0 unspecified atom stereocenters. The molecule has 1 aromatic rings. The van der Waals surface area contributed by atoms with Gasteiger partial charge in [0.25, 0.3) is 11.6 Å². The minimum atomic E-state index is -0.595. The molecule has 24 heavy (non-hydrogen) atoms. The number of hydrogen-bond donors (Lipinski definition) is 1. The fourth-order valence-corrected chi connectivity index (χ4v) is 3.29. The third-order valence-corrected chi connectivity index (χ3v) is 4.45. The molecular formula is C15H14N2O5S2. The van der Waals surface area contributed by atoms with E-state index in [4.69, 9.17) is 17.0 Å². The number of nitro groups is 1. The number of rotatable bonds is 6. The molecule has 1 N–H and O–H groups in total. The van der Waals surface area contributed by atoms with Crippen LogP contribution in [-0.2, 0) is 4.79 Å². The predicted octanol–water partition coefficient (Wildman–Crippen LogP) is 3.09. The molecule has 0 saturated carbocycles. The Morgan fingerprint density at radius 2 is 2.25 bits per heavy atom. The molecular weight excluding hydrogens is 352 g/mol. The van der Waals surface area contributed by atoms with Gasteiger partial charge in [-0.25, -0.2) is 0 Å². The average molecular weight is 366 g/mol. The number of nitro benzene ring substituents is 1. The number of amides is 1. The number of phenolic OH excluding ortho intramolecular Hbond substituents is 1. The molecule has 0 atom stereocenters. The van der Waals surface area contributed by atoms with Crippen LogP contribution in [0.1, 0.15) is 12.5 Å². The summed E-state index contributed by atoms with van der Waals surface area (Å²) in [6.45, 7) is 5.76. The summed E-state index contributed by atoms with van der Waals surface area (Å²) in [5, 5.41) is 21.3. The third-order valence-electron chi connectivity index (χ3n) is 3.07. The van der Waals surface area contributed by atoms with Gasteiger partial charge >= 0.3 is 0 Å². The van der Waals surface area contributed by atoms with Gasteiger partial charge in [-0.2, -0.15) is 0 Å². The summed E-state index contributed by atoms with van der Waals surface area (Å²) in [5.41, 5.74) is -0.129. The van der Waals surface area contributed by atoms with E-state index in [1.807, 2.05) is 0 Å². The maximum absolute atomic E-state index is 12.3. The van der Waals surface area contributed by atoms with E-state index in [2.05, 4.69) is 6.58 Å². The van der Waals surface area contributed by atoms with E-state index < -0.39 is 4.92 Å². The molecule has 0 bridgehead atoms. The van der Waals surface area contributed by atoms with E-state index in [1.54, 1.807) is 13.0 Å². The lowest BCUT2D eigenvalue weighted by Gasteiger charge is -2.10. The molecule has 1 aromatic carbocycles. The lowest BCUT2D eigenvalue weighted by molar-refractivity contribution is -0.385. The first-order chi connectivity index (χ1) is 11.4. The zero-order valence-electron chi connectivity index (χ0n) is 12.7. The predicted molar refractivity (Wildman–Crippen MR) is 96.0 cm³/mol. The molecule has 1 heterocycles. The number of hydrogen-bond acceptors (Lipinski definition) is 7. The maximum atomic E-state index is 12.3. The van der Waals surface area contributed by atoms with Crippen LogP contribution >= 0.6 is 24.0 Å². The van der Waals surface area contributed by atoms with Gasteiger partial charge in [0.1, 0.15) is 4.32 Å². The molecule has 126 valence electrons. The molecule has 0 spiro atoms. The summed E-state index contributed by atoms with van der Waals surface area (Å²) in [6.07, 6.45) is 2.92. The lowest BCUT2D eigenvalue weighted by atomic mass is 10.1. The molecule has 7 nitrogen and oxygen atoms in total. The van der Waals surface area contributed by atoms with Crippen LogP contribution in [0.15, 0.2) is 29.7 Å². The smallest absolute Gasteiger partial charge is 0.274 e. The molecule has 9 heteroatoms. The number of carbonyl (C=O) groups excluding carboxylic acids is 1. The summed E-state index contributed by atoms with van der Waals surface area (Å²) in [6, 6.07) is 2.32. The van der Waals surface area contributed by atoms with E-state index in [0.717, 1.165) is 17.8 Å². The number of phenols is 1. The summed E-state index contributed by atoms with van der Waals surface area (Å²) in [5.74, 6) is -0.621. The van der Waals surface area contributed by atoms with Crippen molar-refractivity contribution in [2.24, 2.45) is 0 Å². The van der Waals surface area contributed by atoms with Gasteiger partial charge in [-0.05, 0) is 13.0 Å². The number of aromatic hydroxyl groups is 1. The fraction of sp³-hybridized carbons (Fsp3) is 0.200. The number of thiocarbonyl (C=S) groups is 1. The summed E-state index contributed by atoms with van der Waals surface area (Å²) in [7, 11) is 0. The molecule has 2 rings (SSSR count). The molecule has 1 aliphatic heterocycles. The fourth-order valence-electron chi connectivity index (χ4n) is 2.02. The number of nitrogens with zero attached hydrogens (tertiary/aromatic N) is 2. The van der Waals surface area contributed by atoms with Crippen molar-refractivity contribution in [1.82, 2.24) is 4.90 Å². The van der Waals surface area contributed by atoms with E-state index in [0.29, 0.717) is 4.32 Å². The van der Waals surface area contributed by atoms with Crippen LogP contribution in [0.25, 0.3) is 6.08 Å². The first-order valence-corrected chi connectivity index (χ1v) is 8.12. The van der Waals surface area contributed by atoms with Gasteiger partial charge in [0.15, 0.2) is 11.5 Å². The van der Waals surface area contributed by atoms with Crippen molar-refractivity contribution in [2.45, 2.75) is 6.92 Å². The average Bonchev–Trinajstić information content (AvgIpc) is 2.79.